The Bertz CT molecular complexity index is 201. The SMILES string of the molecule is CCCCCC[C@H](C)S(=O)(=O)[O-].[K+]. The summed E-state index contributed by atoms with van der Waals surface area (Å²) in [5.41, 5.74) is 0. The quantitative estimate of drug-likeness (QED) is 0.332. The molecule has 13 heavy (non-hydrogen) atoms. The van der Waals surface area contributed by atoms with Crippen LogP contribution in [0.15, 0.2) is 0 Å². The molecule has 0 aliphatic carbocycles. The molecule has 0 amide bonds. The molecule has 0 spiro atoms. The Labute approximate surface area is 124 Å². The largest absolute Gasteiger partial charge is 1.00 e. The van der Waals surface area contributed by atoms with Gasteiger partial charge in [-0.15, -0.1) is 0 Å². The number of hydrogen-bond donors (Lipinski definition) is 0. The van der Waals surface area contributed by atoms with Gasteiger partial charge in [-0.2, -0.15) is 0 Å². The van der Waals surface area contributed by atoms with E-state index in [-0.39, 0.29) is 51.4 Å². The predicted octanol–water partition coefficient (Wildman–Crippen LogP) is -1.11. The van der Waals surface area contributed by atoms with E-state index in [1.165, 1.54) is 6.92 Å². The van der Waals surface area contributed by atoms with Gasteiger partial charge < -0.3 is 4.55 Å². The first-order valence-corrected chi connectivity index (χ1v) is 5.90. The Kier molecular flexibility index (Phi) is 11.5. The van der Waals surface area contributed by atoms with Crippen molar-refractivity contribution < 1.29 is 64.4 Å². The van der Waals surface area contributed by atoms with Gasteiger partial charge in [0.1, 0.15) is 0 Å². The maximum absolute atomic E-state index is 10.4. The van der Waals surface area contributed by atoms with Crippen LogP contribution in [0.5, 0.6) is 0 Å². The molecule has 0 heterocycles. The van der Waals surface area contributed by atoms with Crippen molar-refractivity contribution in [2.75, 3.05) is 0 Å². The summed E-state index contributed by atoms with van der Waals surface area (Å²) in [6, 6.07) is 0. The van der Waals surface area contributed by atoms with Crippen LogP contribution >= 0.6 is 0 Å². The second-order valence-electron chi connectivity index (χ2n) is 3.15. The van der Waals surface area contributed by atoms with E-state index in [2.05, 4.69) is 6.92 Å². The normalized spacial score (nSPS) is 13.5. The van der Waals surface area contributed by atoms with Crippen molar-refractivity contribution in [1.82, 2.24) is 0 Å². The van der Waals surface area contributed by atoms with E-state index in [0.717, 1.165) is 25.7 Å². The van der Waals surface area contributed by atoms with E-state index in [1.807, 2.05) is 0 Å². The van der Waals surface area contributed by atoms with E-state index in [9.17, 15) is 13.0 Å². The van der Waals surface area contributed by atoms with Crippen LogP contribution in [0.2, 0.25) is 0 Å². The van der Waals surface area contributed by atoms with E-state index in [1.54, 1.807) is 0 Å². The van der Waals surface area contributed by atoms with Gasteiger partial charge in [0.15, 0.2) is 0 Å². The van der Waals surface area contributed by atoms with Crippen LogP contribution in [0.25, 0.3) is 0 Å². The van der Waals surface area contributed by atoms with Gasteiger partial charge in [0.2, 0.25) is 0 Å². The Morgan fingerprint density at radius 3 is 2.15 bits per heavy atom. The Balaban J connectivity index is 0. The van der Waals surface area contributed by atoms with Crippen molar-refractivity contribution in [1.29, 1.82) is 0 Å². The van der Waals surface area contributed by atoms with E-state index in [4.69, 9.17) is 0 Å². The maximum Gasteiger partial charge on any atom is 1.00 e. The second kappa shape index (κ2) is 8.82. The molecule has 0 aliphatic heterocycles. The van der Waals surface area contributed by atoms with Gasteiger partial charge in [0.05, 0.1) is 10.1 Å². The number of rotatable bonds is 6. The zero-order chi connectivity index (χ0) is 9.61. The van der Waals surface area contributed by atoms with Crippen molar-refractivity contribution >= 4 is 10.1 Å². The molecule has 0 aliphatic rings. The molecule has 0 aromatic rings. The molecule has 0 aromatic carbocycles. The van der Waals surface area contributed by atoms with Crippen molar-refractivity contribution in [3.8, 4) is 0 Å². The standard InChI is InChI=1S/C8H18O3S.K/c1-3-4-5-6-7-8(2)12(9,10)11;/h8H,3-7H2,1-2H3,(H,9,10,11);/q;+1/p-1/t8-;/m0./s1. The minimum Gasteiger partial charge on any atom is -0.748 e. The molecular weight excluding hydrogens is 215 g/mol. The maximum atomic E-state index is 10.4. The van der Waals surface area contributed by atoms with Crippen molar-refractivity contribution in [3.63, 3.8) is 0 Å². The van der Waals surface area contributed by atoms with Gasteiger partial charge in [-0.3, -0.25) is 0 Å². The zero-order valence-corrected chi connectivity index (χ0v) is 12.7. The van der Waals surface area contributed by atoms with Crippen LogP contribution in [0.4, 0.5) is 0 Å². The van der Waals surface area contributed by atoms with Crippen molar-refractivity contribution in [3.05, 3.63) is 0 Å². The summed E-state index contributed by atoms with van der Waals surface area (Å²) in [4.78, 5) is 0. The smallest absolute Gasteiger partial charge is 0.748 e. The summed E-state index contributed by atoms with van der Waals surface area (Å²) in [5, 5.41) is -0.714. The van der Waals surface area contributed by atoms with Crippen molar-refractivity contribution in [2.45, 2.75) is 51.2 Å². The van der Waals surface area contributed by atoms with Crippen molar-refractivity contribution in [2.24, 2.45) is 0 Å². The van der Waals surface area contributed by atoms with Gasteiger partial charge >= 0.3 is 51.4 Å². The van der Waals surface area contributed by atoms with Gasteiger partial charge in [-0.05, 0) is 13.3 Å². The molecule has 74 valence electrons. The fraction of sp³-hybridized carbons (Fsp3) is 1.00. The first-order chi connectivity index (χ1) is 5.48. The monoisotopic (exact) mass is 232 g/mol. The molecule has 0 bridgehead atoms. The molecule has 0 N–H and O–H groups in total. The summed E-state index contributed by atoms with van der Waals surface area (Å²) in [7, 11) is -4.04. The third kappa shape index (κ3) is 9.84. The molecule has 0 rings (SSSR count). The number of hydrogen-bond acceptors (Lipinski definition) is 3. The summed E-state index contributed by atoms with van der Waals surface area (Å²) in [5.74, 6) is 0. The minimum atomic E-state index is -4.04. The molecule has 0 radical (unpaired) electrons. The number of unbranched alkanes of at least 4 members (excludes halogenated alkanes) is 3. The Morgan fingerprint density at radius 1 is 1.23 bits per heavy atom. The molecule has 0 fully saturated rings. The molecule has 5 heteroatoms. The van der Waals surface area contributed by atoms with Crippen LogP contribution < -0.4 is 51.4 Å². The summed E-state index contributed by atoms with van der Waals surface area (Å²) < 4.78 is 31.3. The molecule has 0 aromatic heterocycles. The molecular formula is C8H17KO3S. The average Bonchev–Trinajstić information content (AvgIpc) is 1.96. The van der Waals surface area contributed by atoms with E-state index in [0.29, 0.717) is 6.42 Å². The third-order valence-corrected chi connectivity index (χ3v) is 3.18. The van der Waals surface area contributed by atoms with E-state index >= 15 is 0 Å². The van der Waals surface area contributed by atoms with Gasteiger partial charge in [-0.1, -0.05) is 32.6 Å². The first-order valence-electron chi connectivity index (χ1n) is 4.43. The molecule has 0 saturated carbocycles. The molecule has 3 nitrogen and oxygen atoms in total. The summed E-state index contributed by atoms with van der Waals surface area (Å²) >= 11 is 0. The Morgan fingerprint density at radius 2 is 1.77 bits per heavy atom. The predicted molar refractivity (Wildman–Crippen MR) is 47.9 cm³/mol. The molecule has 1 atom stereocenters. The van der Waals surface area contributed by atoms with Crippen LogP contribution in [0.3, 0.4) is 0 Å². The van der Waals surface area contributed by atoms with Crippen LogP contribution in [-0.4, -0.2) is 18.2 Å². The minimum absolute atomic E-state index is 0. The zero-order valence-electron chi connectivity index (χ0n) is 8.75. The van der Waals surface area contributed by atoms with Gasteiger partial charge in [0.25, 0.3) is 0 Å². The summed E-state index contributed by atoms with van der Waals surface area (Å²) in [6.45, 7) is 3.57. The van der Waals surface area contributed by atoms with Gasteiger partial charge in [-0.25, -0.2) is 8.42 Å². The topological polar surface area (TPSA) is 57.2 Å². The van der Waals surface area contributed by atoms with Crippen LogP contribution in [0, 0.1) is 0 Å². The van der Waals surface area contributed by atoms with Crippen LogP contribution in [-0.2, 0) is 10.1 Å². The second-order valence-corrected chi connectivity index (χ2v) is 4.94. The summed E-state index contributed by atoms with van der Waals surface area (Å²) in [6.07, 6.45) is 4.61. The third-order valence-electron chi connectivity index (χ3n) is 1.96. The average molecular weight is 232 g/mol. The van der Waals surface area contributed by atoms with Gasteiger partial charge in [0, 0.05) is 5.25 Å². The fourth-order valence-corrected chi connectivity index (χ4v) is 1.46. The van der Waals surface area contributed by atoms with E-state index < -0.39 is 15.4 Å². The molecule has 0 saturated heterocycles. The molecule has 0 unspecified atom stereocenters. The fourth-order valence-electron chi connectivity index (χ4n) is 1.00. The first kappa shape index (κ1) is 17.0. The Hall–Kier alpha value is 1.55. The van der Waals surface area contributed by atoms with Crippen LogP contribution in [0.1, 0.15) is 46.0 Å².